The van der Waals surface area contributed by atoms with Gasteiger partial charge in [0.15, 0.2) is 0 Å². The predicted molar refractivity (Wildman–Crippen MR) is 112 cm³/mol. The smallest absolute Gasteiger partial charge is 0.319 e. The quantitative estimate of drug-likeness (QED) is 0.558. The molecule has 5 heterocycles. The van der Waals surface area contributed by atoms with E-state index in [1.165, 1.54) is 5.56 Å². The van der Waals surface area contributed by atoms with Gasteiger partial charge in [0, 0.05) is 30.3 Å². The summed E-state index contributed by atoms with van der Waals surface area (Å²) in [4.78, 5) is 10.1. The minimum atomic E-state index is -0.166. The zero-order valence-corrected chi connectivity index (χ0v) is 17.5. The van der Waals surface area contributed by atoms with E-state index in [0.717, 1.165) is 54.3 Å². The molecule has 8 nitrogen and oxygen atoms in total. The minimum Gasteiger partial charge on any atom is -0.407 e. The van der Waals surface area contributed by atoms with E-state index in [0.29, 0.717) is 11.9 Å². The number of nitrogens with one attached hydrogen (secondary N) is 1. The maximum absolute atomic E-state index is 6.16. The monoisotopic (exact) mass is 403 g/mol. The van der Waals surface area contributed by atoms with Crippen LogP contribution in [0.2, 0.25) is 0 Å². The van der Waals surface area contributed by atoms with Crippen molar-refractivity contribution >= 4 is 11.5 Å². The number of imidazole rings is 1. The number of hydrogen-bond acceptors (Lipinski definition) is 6. The molecule has 0 spiro atoms. The second-order valence-corrected chi connectivity index (χ2v) is 9.08. The topological polar surface area (TPSA) is 88.1 Å². The lowest BCUT2D eigenvalue weighted by Crippen LogP contribution is -2.37. The predicted octanol–water partition coefficient (Wildman–Crippen LogP) is 3.77. The van der Waals surface area contributed by atoms with Gasteiger partial charge in [-0.05, 0) is 36.5 Å². The average molecular weight is 403 g/mol. The largest absolute Gasteiger partial charge is 0.407 e. The van der Waals surface area contributed by atoms with Crippen molar-refractivity contribution in [3.8, 4) is 0 Å². The summed E-state index contributed by atoms with van der Waals surface area (Å²) < 4.78 is 8.13. The van der Waals surface area contributed by atoms with Crippen LogP contribution in [0.4, 0.5) is 6.01 Å². The van der Waals surface area contributed by atoms with Crippen LogP contribution in [0, 0.1) is 0 Å². The SMILES string of the molecule is CC(C)c1cccn2nc([C@H]3c4nc[nH]c4CCN3c3nnc(C4(C)CC4)o3)cc12. The summed E-state index contributed by atoms with van der Waals surface area (Å²) in [5.41, 5.74) is 5.51. The molecule has 4 aromatic rings. The van der Waals surface area contributed by atoms with Crippen molar-refractivity contribution in [3.05, 3.63) is 59.3 Å². The van der Waals surface area contributed by atoms with Gasteiger partial charge in [0.05, 0.1) is 23.2 Å². The van der Waals surface area contributed by atoms with Gasteiger partial charge >= 0.3 is 6.01 Å². The van der Waals surface area contributed by atoms with Crippen molar-refractivity contribution in [2.45, 2.75) is 57.4 Å². The Kier molecular flexibility index (Phi) is 3.63. The third-order valence-corrected chi connectivity index (χ3v) is 6.56. The lowest BCUT2D eigenvalue weighted by Gasteiger charge is -2.32. The Balaban J connectivity index is 1.48. The molecule has 154 valence electrons. The van der Waals surface area contributed by atoms with Gasteiger partial charge in [-0.2, -0.15) is 5.10 Å². The standard InChI is InChI=1S/C22H25N7O/c1-13(2)14-5-4-9-29-17(14)11-16(27-29)19-18-15(23-12-24-18)6-10-28(19)21-26-25-20(30-21)22(3)7-8-22/h4-5,9,11-13,19H,6-8,10H2,1-3H3,(H,23,24)/t19-/m0/s1. The summed E-state index contributed by atoms with van der Waals surface area (Å²) in [6, 6.07) is 6.79. The number of aromatic nitrogens is 6. The molecule has 0 bridgehead atoms. The fourth-order valence-corrected chi connectivity index (χ4v) is 4.44. The molecule has 1 fully saturated rings. The Hall–Kier alpha value is -3.16. The zero-order valence-electron chi connectivity index (χ0n) is 17.5. The maximum Gasteiger partial charge on any atom is 0.319 e. The van der Waals surface area contributed by atoms with E-state index in [9.17, 15) is 0 Å². The number of rotatable bonds is 4. The van der Waals surface area contributed by atoms with Crippen molar-refractivity contribution in [3.63, 3.8) is 0 Å². The lowest BCUT2D eigenvalue weighted by molar-refractivity contribution is 0.431. The van der Waals surface area contributed by atoms with Crippen molar-refractivity contribution in [1.82, 2.24) is 29.8 Å². The molecular weight excluding hydrogens is 378 g/mol. The number of H-pyrrole nitrogens is 1. The van der Waals surface area contributed by atoms with Crippen LogP contribution in [-0.4, -0.2) is 36.3 Å². The molecule has 1 N–H and O–H groups in total. The van der Waals surface area contributed by atoms with Crippen LogP contribution in [0.15, 0.2) is 35.1 Å². The van der Waals surface area contributed by atoms with Crippen LogP contribution < -0.4 is 4.90 Å². The van der Waals surface area contributed by atoms with Crippen LogP contribution >= 0.6 is 0 Å². The molecule has 2 aliphatic rings. The van der Waals surface area contributed by atoms with Gasteiger partial charge in [-0.1, -0.05) is 31.9 Å². The third kappa shape index (κ3) is 2.59. The highest BCUT2D eigenvalue weighted by molar-refractivity contribution is 5.58. The molecule has 1 aliphatic carbocycles. The van der Waals surface area contributed by atoms with Crippen LogP contribution in [0.25, 0.3) is 5.52 Å². The van der Waals surface area contributed by atoms with Crippen LogP contribution in [0.5, 0.6) is 0 Å². The second kappa shape index (κ2) is 6.17. The number of nitrogens with zero attached hydrogens (tertiary/aromatic N) is 6. The summed E-state index contributed by atoms with van der Waals surface area (Å²) in [6.45, 7) is 7.36. The molecule has 30 heavy (non-hydrogen) atoms. The van der Waals surface area contributed by atoms with Crippen molar-refractivity contribution in [1.29, 1.82) is 0 Å². The highest BCUT2D eigenvalue weighted by Gasteiger charge is 2.45. The van der Waals surface area contributed by atoms with Gasteiger partial charge in [0.1, 0.15) is 6.04 Å². The van der Waals surface area contributed by atoms with E-state index in [1.54, 1.807) is 6.33 Å². The van der Waals surface area contributed by atoms with Gasteiger partial charge in [-0.15, -0.1) is 5.10 Å². The molecule has 0 saturated heterocycles. The first-order valence-electron chi connectivity index (χ1n) is 10.6. The minimum absolute atomic E-state index is 0.0449. The average Bonchev–Trinajstić information content (AvgIpc) is 3.20. The summed E-state index contributed by atoms with van der Waals surface area (Å²) >= 11 is 0. The van der Waals surface area contributed by atoms with Gasteiger partial charge in [-0.25, -0.2) is 9.50 Å². The second-order valence-electron chi connectivity index (χ2n) is 9.08. The number of anilines is 1. The Bertz CT molecular complexity index is 1230. The fraction of sp³-hybridized carbons (Fsp3) is 0.455. The molecule has 6 rings (SSSR count). The molecular formula is C22H25N7O. The van der Waals surface area contributed by atoms with E-state index in [2.05, 4.69) is 64.0 Å². The first-order chi connectivity index (χ1) is 14.5. The van der Waals surface area contributed by atoms with Crippen LogP contribution in [0.1, 0.15) is 74.1 Å². The highest BCUT2D eigenvalue weighted by Crippen LogP contribution is 2.48. The Morgan fingerprint density at radius 1 is 1.27 bits per heavy atom. The van der Waals surface area contributed by atoms with Crippen LogP contribution in [0.3, 0.4) is 0 Å². The van der Waals surface area contributed by atoms with Crippen molar-refractivity contribution in [2.75, 3.05) is 11.4 Å². The Morgan fingerprint density at radius 3 is 2.93 bits per heavy atom. The normalized spacial score (nSPS) is 20.1. The maximum atomic E-state index is 6.16. The fourth-order valence-electron chi connectivity index (χ4n) is 4.44. The number of aromatic amines is 1. The number of pyridine rings is 1. The van der Waals surface area contributed by atoms with Gasteiger partial charge in [0.2, 0.25) is 5.89 Å². The van der Waals surface area contributed by atoms with E-state index < -0.39 is 0 Å². The molecule has 8 heteroatoms. The van der Waals surface area contributed by atoms with E-state index >= 15 is 0 Å². The molecule has 1 saturated carbocycles. The molecule has 0 aromatic carbocycles. The molecule has 1 atom stereocenters. The first kappa shape index (κ1) is 17.7. The van der Waals surface area contributed by atoms with E-state index in [1.807, 2.05) is 10.7 Å². The van der Waals surface area contributed by atoms with Gasteiger partial charge < -0.3 is 14.3 Å². The summed E-state index contributed by atoms with van der Waals surface area (Å²) in [7, 11) is 0. The van der Waals surface area contributed by atoms with Crippen molar-refractivity contribution < 1.29 is 4.42 Å². The number of hydrogen-bond donors (Lipinski definition) is 1. The van der Waals surface area contributed by atoms with Crippen LogP contribution in [-0.2, 0) is 11.8 Å². The van der Waals surface area contributed by atoms with Gasteiger partial charge in [0.25, 0.3) is 0 Å². The van der Waals surface area contributed by atoms with E-state index in [-0.39, 0.29) is 11.5 Å². The van der Waals surface area contributed by atoms with Gasteiger partial charge in [-0.3, -0.25) is 0 Å². The molecule has 1 aliphatic heterocycles. The molecule has 0 amide bonds. The highest BCUT2D eigenvalue weighted by atomic mass is 16.4. The zero-order chi connectivity index (χ0) is 20.5. The Morgan fingerprint density at radius 2 is 2.13 bits per heavy atom. The summed E-state index contributed by atoms with van der Waals surface area (Å²) in [5, 5.41) is 13.7. The molecule has 0 unspecified atom stereocenters. The van der Waals surface area contributed by atoms with Crippen molar-refractivity contribution in [2.24, 2.45) is 0 Å². The summed E-state index contributed by atoms with van der Waals surface area (Å²) in [6.07, 6.45) is 6.83. The molecule has 0 radical (unpaired) electrons. The third-order valence-electron chi connectivity index (χ3n) is 6.56. The lowest BCUT2D eigenvalue weighted by atomic mass is 9.99. The molecule has 4 aromatic heterocycles. The first-order valence-corrected chi connectivity index (χ1v) is 10.6. The van der Waals surface area contributed by atoms with E-state index in [4.69, 9.17) is 9.52 Å². The summed E-state index contributed by atoms with van der Waals surface area (Å²) in [5.74, 6) is 1.15. The number of fused-ring (bicyclic) bond motifs is 2. The Labute approximate surface area is 174 Å².